The number of amides is 1. The molecule has 0 spiro atoms. The third-order valence-corrected chi connectivity index (χ3v) is 5.62. The molecule has 0 saturated heterocycles. The van der Waals surface area contributed by atoms with Crippen LogP contribution in [-0.2, 0) is 20.2 Å². The van der Waals surface area contributed by atoms with E-state index >= 15 is 0 Å². The van der Waals surface area contributed by atoms with Crippen LogP contribution in [0.5, 0.6) is 0 Å². The van der Waals surface area contributed by atoms with Crippen LogP contribution in [-0.4, -0.2) is 38.3 Å². The summed E-state index contributed by atoms with van der Waals surface area (Å²) in [5, 5.41) is -0.0172. The summed E-state index contributed by atoms with van der Waals surface area (Å²) in [6.45, 7) is 7.44. The van der Waals surface area contributed by atoms with E-state index in [-0.39, 0.29) is 16.9 Å². The summed E-state index contributed by atoms with van der Waals surface area (Å²) >= 11 is 1.19. The quantitative estimate of drug-likeness (QED) is 0.889. The number of rotatable bonds is 5. The molecule has 0 fully saturated rings. The average Bonchev–Trinajstić information content (AvgIpc) is 2.77. The molecule has 6 nitrogen and oxygen atoms in total. The second-order valence-electron chi connectivity index (χ2n) is 5.52. The summed E-state index contributed by atoms with van der Waals surface area (Å²) in [6.07, 6.45) is 1.40. The highest BCUT2D eigenvalue weighted by Gasteiger charge is 2.26. The van der Waals surface area contributed by atoms with Crippen LogP contribution in [0, 0.1) is 0 Å². The first-order valence-electron chi connectivity index (χ1n) is 6.09. The van der Waals surface area contributed by atoms with Crippen LogP contribution >= 0.6 is 11.3 Å². The first-order chi connectivity index (χ1) is 9.08. The third-order valence-electron chi connectivity index (χ3n) is 2.54. The van der Waals surface area contributed by atoms with Gasteiger partial charge >= 0.3 is 0 Å². The van der Waals surface area contributed by atoms with Crippen molar-refractivity contribution >= 4 is 27.3 Å². The smallest absolute Gasteiger partial charge is 0.276 e. The number of aromatic nitrogens is 1. The van der Waals surface area contributed by atoms with Crippen LogP contribution in [0.2, 0.25) is 0 Å². The molecule has 1 rings (SSSR count). The van der Waals surface area contributed by atoms with Gasteiger partial charge in [-0.1, -0.05) is 20.8 Å². The Morgan fingerprint density at radius 2 is 2.10 bits per heavy atom. The number of methoxy groups -OCH3 is 1. The number of sulfonamides is 1. The lowest BCUT2D eigenvalue weighted by Crippen LogP contribution is -2.38. The van der Waals surface area contributed by atoms with E-state index in [4.69, 9.17) is 4.74 Å². The van der Waals surface area contributed by atoms with Crippen molar-refractivity contribution in [3.8, 4) is 0 Å². The van der Waals surface area contributed by atoms with Gasteiger partial charge in [0.1, 0.15) is 10.1 Å². The van der Waals surface area contributed by atoms with Gasteiger partial charge in [0, 0.05) is 12.5 Å². The van der Waals surface area contributed by atoms with E-state index in [9.17, 15) is 13.2 Å². The van der Waals surface area contributed by atoms with E-state index in [1.165, 1.54) is 31.6 Å². The SMILES string of the molecule is COC[C@@H](C)S(=O)(=O)NC(=O)c1cnc(C(C)(C)C)s1. The van der Waals surface area contributed by atoms with E-state index in [0.717, 1.165) is 5.01 Å². The number of thiazole rings is 1. The average molecular weight is 320 g/mol. The molecule has 0 aliphatic carbocycles. The van der Waals surface area contributed by atoms with Gasteiger partial charge in [-0.15, -0.1) is 11.3 Å². The highest BCUT2D eigenvalue weighted by atomic mass is 32.2. The molecule has 20 heavy (non-hydrogen) atoms. The number of nitrogens with zero attached hydrogens (tertiary/aromatic N) is 1. The van der Waals surface area contributed by atoms with Gasteiger partial charge in [0.25, 0.3) is 5.91 Å². The van der Waals surface area contributed by atoms with Crippen LogP contribution in [0.3, 0.4) is 0 Å². The van der Waals surface area contributed by atoms with E-state index < -0.39 is 21.2 Å². The molecule has 0 saturated carbocycles. The minimum Gasteiger partial charge on any atom is -0.383 e. The van der Waals surface area contributed by atoms with Gasteiger partial charge < -0.3 is 4.74 Å². The Balaban J connectivity index is 2.84. The normalized spacial score (nSPS) is 14.1. The van der Waals surface area contributed by atoms with E-state index in [1.54, 1.807) is 0 Å². The van der Waals surface area contributed by atoms with Crippen molar-refractivity contribution in [1.82, 2.24) is 9.71 Å². The number of hydrogen-bond donors (Lipinski definition) is 1. The third kappa shape index (κ3) is 4.26. The summed E-state index contributed by atoms with van der Waals surface area (Å²) in [7, 11) is -2.33. The molecule has 8 heteroatoms. The van der Waals surface area contributed by atoms with Crippen LogP contribution in [0.4, 0.5) is 0 Å². The largest absolute Gasteiger partial charge is 0.383 e. The van der Waals surface area contributed by atoms with Crippen molar-refractivity contribution in [2.45, 2.75) is 38.4 Å². The summed E-state index contributed by atoms with van der Waals surface area (Å²) in [5.41, 5.74) is -0.175. The van der Waals surface area contributed by atoms with Gasteiger partial charge in [0.05, 0.1) is 17.8 Å². The molecule has 0 radical (unpaired) electrons. The molecule has 1 heterocycles. The summed E-state index contributed by atoms with van der Waals surface area (Å²) in [5.74, 6) is -0.652. The topological polar surface area (TPSA) is 85.4 Å². The zero-order valence-electron chi connectivity index (χ0n) is 12.3. The maximum atomic E-state index is 11.9. The first kappa shape index (κ1) is 17.1. The van der Waals surface area contributed by atoms with Crippen molar-refractivity contribution in [1.29, 1.82) is 0 Å². The fourth-order valence-electron chi connectivity index (χ4n) is 1.33. The van der Waals surface area contributed by atoms with Crippen molar-refractivity contribution < 1.29 is 17.9 Å². The van der Waals surface area contributed by atoms with Crippen LogP contribution in [0.1, 0.15) is 42.4 Å². The highest BCUT2D eigenvalue weighted by Crippen LogP contribution is 2.26. The second-order valence-corrected chi connectivity index (χ2v) is 8.65. The molecule has 1 amide bonds. The Hall–Kier alpha value is -0.990. The number of carbonyl (C=O) groups is 1. The molecule has 0 unspecified atom stereocenters. The first-order valence-corrected chi connectivity index (χ1v) is 8.45. The van der Waals surface area contributed by atoms with E-state index in [0.29, 0.717) is 0 Å². The summed E-state index contributed by atoms with van der Waals surface area (Å²) < 4.78 is 30.6. The van der Waals surface area contributed by atoms with Crippen molar-refractivity contribution in [2.75, 3.05) is 13.7 Å². The van der Waals surface area contributed by atoms with Gasteiger partial charge in [-0.3, -0.25) is 4.79 Å². The Morgan fingerprint density at radius 3 is 2.55 bits per heavy atom. The maximum absolute atomic E-state index is 11.9. The number of nitrogens with one attached hydrogen (secondary N) is 1. The molecule has 1 N–H and O–H groups in total. The predicted octanol–water partition coefficient (Wildman–Crippen LogP) is 1.54. The van der Waals surface area contributed by atoms with Gasteiger partial charge in [-0.25, -0.2) is 18.1 Å². The molecule has 1 atom stereocenters. The monoisotopic (exact) mass is 320 g/mol. The van der Waals surface area contributed by atoms with E-state index in [1.807, 2.05) is 25.5 Å². The Kier molecular flexibility index (Phi) is 5.28. The molecule has 1 aromatic rings. The molecule has 0 aliphatic heterocycles. The van der Waals surface area contributed by atoms with Crippen molar-refractivity contribution in [3.63, 3.8) is 0 Å². The minimum absolute atomic E-state index is 0.0263. The molecule has 1 aromatic heterocycles. The molecule has 0 aliphatic rings. The zero-order chi connectivity index (χ0) is 15.6. The lowest BCUT2D eigenvalue weighted by Gasteiger charge is -2.13. The number of hydrogen-bond acceptors (Lipinski definition) is 6. The molecular weight excluding hydrogens is 300 g/mol. The Morgan fingerprint density at radius 1 is 1.50 bits per heavy atom. The Bertz CT molecular complexity index is 573. The molecule has 0 aromatic carbocycles. The fraction of sp³-hybridized carbons (Fsp3) is 0.667. The van der Waals surface area contributed by atoms with Crippen molar-refractivity contribution in [3.05, 3.63) is 16.1 Å². The molecule has 0 bridgehead atoms. The highest BCUT2D eigenvalue weighted by molar-refractivity contribution is 7.90. The minimum atomic E-state index is -3.74. The van der Waals surface area contributed by atoms with Gasteiger partial charge in [0.2, 0.25) is 10.0 Å². The van der Waals surface area contributed by atoms with Crippen molar-refractivity contribution in [2.24, 2.45) is 0 Å². The van der Waals surface area contributed by atoms with Gasteiger partial charge in [0.15, 0.2) is 0 Å². The van der Waals surface area contributed by atoms with E-state index in [2.05, 4.69) is 4.98 Å². The summed E-state index contributed by atoms with van der Waals surface area (Å²) in [6, 6.07) is 0. The van der Waals surface area contributed by atoms with Crippen LogP contribution in [0.15, 0.2) is 6.20 Å². The zero-order valence-corrected chi connectivity index (χ0v) is 13.9. The lowest BCUT2D eigenvalue weighted by atomic mass is 9.98. The molecular formula is C12H20N2O4S2. The standard InChI is InChI=1S/C12H20N2O4S2/c1-8(7-18-5)20(16,17)14-10(15)9-6-13-11(19-9)12(2,3)4/h6,8H,7H2,1-5H3,(H,14,15)/t8-/m1/s1. The summed E-state index contributed by atoms with van der Waals surface area (Å²) in [4.78, 5) is 16.4. The van der Waals surface area contributed by atoms with Crippen LogP contribution in [0.25, 0.3) is 0 Å². The maximum Gasteiger partial charge on any atom is 0.276 e. The fourth-order valence-corrected chi connectivity index (χ4v) is 3.15. The number of carbonyl (C=O) groups excluding carboxylic acids is 1. The van der Waals surface area contributed by atoms with Gasteiger partial charge in [-0.05, 0) is 6.92 Å². The second kappa shape index (κ2) is 6.19. The predicted molar refractivity (Wildman–Crippen MR) is 78.5 cm³/mol. The van der Waals surface area contributed by atoms with Crippen LogP contribution < -0.4 is 4.72 Å². The Labute approximate surface area is 123 Å². The number of ether oxygens (including phenoxy) is 1. The lowest BCUT2D eigenvalue weighted by molar-refractivity contribution is 0.0984. The molecule has 114 valence electrons. The van der Waals surface area contributed by atoms with Gasteiger partial charge in [-0.2, -0.15) is 0 Å².